The van der Waals surface area contributed by atoms with Gasteiger partial charge in [-0.25, -0.2) is 0 Å². The molecule has 0 N–H and O–H groups in total. The Morgan fingerprint density at radius 3 is 0.330 bits per heavy atom. The molecule has 0 amide bonds. The highest BCUT2D eigenvalue weighted by atomic mass is 14.5. The quantitative estimate of drug-likeness (QED) is 0.259. The second kappa shape index (κ2) is 37.3. The van der Waals surface area contributed by atoms with Gasteiger partial charge in [-0.15, -0.1) is 0 Å². The Bertz CT molecular complexity index is 2030. The smallest absolute Gasteiger partial charge is 0.0272 e. The summed E-state index contributed by atoms with van der Waals surface area (Å²) in [6.45, 7) is 87.1. The summed E-state index contributed by atoms with van der Waals surface area (Å²) < 4.78 is 0. The van der Waals surface area contributed by atoms with Crippen LogP contribution < -0.4 is 0 Å². The molecule has 1 atom stereocenters. The van der Waals surface area contributed by atoms with Crippen LogP contribution in [0.2, 0.25) is 0 Å². The van der Waals surface area contributed by atoms with Gasteiger partial charge in [0, 0.05) is 0 Å². The summed E-state index contributed by atoms with van der Waals surface area (Å²) in [5.74, 6) is 0. The number of hydrogen-bond donors (Lipinski definition) is 0. The molecule has 0 radical (unpaired) electrons. The maximum Gasteiger partial charge on any atom is -0.0272 e. The van der Waals surface area contributed by atoms with Gasteiger partial charge in [0.05, 0.1) is 0 Å². The second-order valence-electron chi connectivity index (χ2n) is 50.2. The first-order valence-electron chi connectivity index (χ1n) is 46.5. The number of fused-ring (bicyclic) bond motifs is 1. The first-order valence-corrected chi connectivity index (χ1v) is 46.5. The number of rotatable bonds is 2. The van der Waals surface area contributed by atoms with Crippen molar-refractivity contribution in [2.24, 2.45) is 108 Å². The molecule has 614 valence electrons. The fraction of sp³-hybridized carbons (Fsp3) is 1.00. The van der Waals surface area contributed by atoms with Crippen LogP contribution in [0.25, 0.3) is 0 Å². The fourth-order valence-electron chi connectivity index (χ4n) is 21.8. The molecule has 103 heavy (non-hydrogen) atoms. The Morgan fingerprint density at radius 1 is 0.117 bits per heavy atom. The van der Waals surface area contributed by atoms with Crippen LogP contribution in [-0.2, 0) is 0 Å². The molecule has 12 aliphatic carbocycles. The fourth-order valence-corrected chi connectivity index (χ4v) is 21.8. The van der Waals surface area contributed by atoms with Gasteiger partial charge in [0.15, 0.2) is 0 Å². The topological polar surface area (TPSA) is 0 Å². The van der Waals surface area contributed by atoms with E-state index >= 15 is 0 Å². The molecule has 0 heterocycles. The van der Waals surface area contributed by atoms with E-state index in [2.05, 4.69) is 249 Å². The summed E-state index contributed by atoms with van der Waals surface area (Å²) in [4.78, 5) is 0. The SMILES string of the molecule is CC1(C)CCCC1(C)C.CC1(C)CCCC1(C)C.CC1(C)CCCC1(C)C.CC1(C)CCCC1(C)C.CC1(C)CCCCC1(C)C.CC1(C)CCCCC1(C)C.CC1(C)CCCCC1(C)C.CC1(C2(C)CCCCC2)CCCCC1.CC12CCCCC1(C)CCCC2.CC[C@@]1(C)CCCCC1(C)C. The molecular formula is C103H202. The standard InChI is InChI=1S/C14H26.C12H22.C11H22.3C10H20.4C9H18/c1-13(9-5-3-6-10-13)14(2)11-7-4-8-12-14;1-11-7-3-5-9-12(11,2)10-6-4-8-11;1-5-11(4)9-7-6-8-10(11,2)3;3*1-9(2)7-5-6-8-10(9,3)4;4*1-8(2)6-5-7-9(8,3)4/h3-12H2,1-2H3;3-10H2,1-2H3;5-9H2,1-4H3;3*5-8H2,1-4H3;4*5-7H2,1-4H3/t;;11-;;;;;;;/m..0......./s1. The van der Waals surface area contributed by atoms with Gasteiger partial charge in [-0.2, -0.15) is 0 Å². The summed E-state index contributed by atoms with van der Waals surface area (Å²) in [7, 11) is 0. The summed E-state index contributed by atoms with van der Waals surface area (Å²) in [6, 6.07) is 0. The van der Waals surface area contributed by atoms with E-state index in [1.54, 1.807) is 0 Å². The zero-order valence-electron chi connectivity index (χ0n) is 79.2. The van der Waals surface area contributed by atoms with Gasteiger partial charge in [-0.1, -0.05) is 397 Å². The molecule has 12 rings (SSSR count). The molecular weight excluding hydrogens is 1240 g/mol. The van der Waals surface area contributed by atoms with Crippen LogP contribution in [0.4, 0.5) is 0 Å². The molecule has 0 aromatic heterocycles. The van der Waals surface area contributed by atoms with Gasteiger partial charge in [0.25, 0.3) is 0 Å². The van der Waals surface area contributed by atoms with Crippen molar-refractivity contribution in [3.63, 3.8) is 0 Å². The molecule has 0 saturated heterocycles. The average molecular weight is 1440 g/mol. The van der Waals surface area contributed by atoms with Gasteiger partial charge >= 0.3 is 0 Å². The molecule has 0 unspecified atom stereocenters. The average Bonchev–Trinajstić information content (AvgIpc) is 1.77. The van der Waals surface area contributed by atoms with Crippen LogP contribution >= 0.6 is 0 Å². The predicted octanol–water partition coefficient (Wildman–Crippen LogP) is 36.8. The second-order valence-corrected chi connectivity index (χ2v) is 50.2. The van der Waals surface area contributed by atoms with Crippen LogP contribution in [-0.4, -0.2) is 0 Å². The lowest BCUT2D eigenvalue weighted by atomic mass is 9.52. The van der Waals surface area contributed by atoms with Crippen LogP contribution in [0, 0.1) is 108 Å². The third-order valence-electron chi connectivity index (χ3n) is 39.2. The molecule has 0 heteroatoms. The highest BCUT2D eigenvalue weighted by molar-refractivity contribution is 5.01. The lowest BCUT2D eigenvalue weighted by molar-refractivity contribution is -0.0261. The largest absolute Gasteiger partial charge is 0.0648 e. The minimum Gasteiger partial charge on any atom is -0.0648 e. The molecule has 0 aromatic rings. The Balaban J connectivity index is 0.000000298. The monoisotopic (exact) mass is 1440 g/mol. The van der Waals surface area contributed by atoms with Crippen molar-refractivity contribution in [1.29, 1.82) is 0 Å². The van der Waals surface area contributed by atoms with E-state index in [0.717, 1.165) is 0 Å². The first kappa shape index (κ1) is 97.2. The van der Waals surface area contributed by atoms with Crippen molar-refractivity contribution in [2.75, 3.05) is 0 Å². The minimum atomic E-state index is 0.575. The van der Waals surface area contributed by atoms with Crippen LogP contribution in [0.15, 0.2) is 0 Å². The van der Waals surface area contributed by atoms with E-state index in [0.29, 0.717) is 108 Å². The molecule has 12 aliphatic rings. The van der Waals surface area contributed by atoms with Crippen molar-refractivity contribution < 1.29 is 0 Å². The zero-order chi connectivity index (χ0) is 79.2. The van der Waals surface area contributed by atoms with E-state index in [1.165, 1.54) is 302 Å². The Labute approximate surface area is 655 Å². The van der Waals surface area contributed by atoms with Crippen LogP contribution in [0.1, 0.15) is 551 Å². The highest BCUT2D eigenvalue weighted by Gasteiger charge is 2.50. The van der Waals surface area contributed by atoms with Gasteiger partial charge in [0.2, 0.25) is 0 Å². The zero-order valence-corrected chi connectivity index (χ0v) is 79.2. The summed E-state index contributed by atoms with van der Waals surface area (Å²) >= 11 is 0. The molecule has 0 nitrogen and oxygen atoms in total. The molecule has 12 fully saturated rings. The third kappa shape index (κ3) is 25.8. The Morgan fingerprint density at radius 2 is 0.223 bits per heavy atom. The van der Waals surface area contributed by atoms with E-state index in [-0.39, 0.29) is 0 Å². The minimum absolute atomic E-state index is 0.575. The Hall–Kier alpha value is 0. The van der Waals surface area contributed by atoms with Gasteiger partial charge in [-0.3, -0.25) is 0 Å². The lowest BCUT2D eigenvalue weighted by Gasteiger charge is -2.53. The van der Waals surface area contributed by atoms with Crippen molar-refractivity contribution in [3.05, 3.63) is 0 Å². The van der Waals surface area contributed by atoms with Crippen molar-refractivity contribution in [3.8, 4) is 0 Å². The first-order chi connectivity index (χ1) is 46.5. The predicted molar refractivity (Wildman–Crippen MR) is 470 cm³/mol. The van der Waals surface area contributed by atoms with E-state index in [1.807, 2.05) is 0 Å². The van der Waals surface area contributed by atoms with Gasteiger partial charge in [-0.05, 0) is 262 Å². The Kier molecular flexibility index (Phi) is 35.2. The molecule has 0 bridgehead atoms. The van der Waals surface area contributed by atoms with Crippen molar-refractivity contribution in [2.45, 2.75) is 551 Å². The van der Waals surface area contributed by atoms with Crippen molar-refractivity contribution in [1.82, 2.24) is 0 Å². The van der Waals surface area contributed by atoms with Gasteiger partial charge in [0.1, 0.15) is 0 Å². The molecule has 0 aromatic carbocycles. The normalized spacial score (nSPS) is 33.3. The van der Waals surface area contributed by atoms with E-state index < -0.39 is 0 Å². The summed E-state index contributed by atoms with van der Waals surface area (Å²) in [6.07, 6.45) is 68.3. The summed E-state index contributed by atoms with van der Waals surface area (Å²) in [5.41, 5.74) is 12.2. The lowest BCUT2D eigenvalue weighted by Crippen LogP contribution is -2.42. The maximum atomic E-state index is 2.58. The van der Waals surface area contributed by atoms with Crippen molar-refractivity contribution >= 4 is 0 Å². The molecule has 0 spiro atoms. The third-order valence-corrected chi connectivity index (χ3v) is 39.2. The van der Waals surface area contributed by atoms with E-state index in [9.17, 15) is 0 Å². The van der Waals surface area contributed by atoms with Crippen LogP contribution in [0.3, 0.4) is 0 Å². The number of hydrogen-bond acceptors (Lipinski definition) is 0. The van der Waals surface area contributed by atoms with Gasteiger partial charge < -0.3 is 0 Å². The molecule has 0 aliphatic heterocycles. The molecule has 12 saturated carbocycles. The summed E-state index contributed by atoms with van der Waals surface area (Å²) in [5, 5.41) is 0. The van der Waals surface area contributed by atoms with E-state index in [4.69, 9.17) is 0 Å². The van der Waals surface area contributed by atoms with Crippen LogP contribution in [0.5, 0.6) is 0 Å². The highest BCUT2D eigenvalue weighted by Crippen LogP contribution is 2.61. The maximum absolute atomic E-state index is 2.58.